The number of benzene rings is 2. The van der Waals surface area contributed by atoms with Gasteiger partial charge in [0.1, 0.15) is 5.75 Å². The quantitative estimate of drug-likeness (QED) is 0.857. The zero-order chi connectivity index (χ0) is 18.6. The second-order valence-corrected chi connectivity index (χ2v) is 7.63. The molecule has 0 heterocycles. The summed E-state index contributed by atoms with van der Waals surface area (Å²) in [4.78, 5) is 12.5. The number of carbonyl (C=O) groups is 1. The summed E-state index contributed by atoms with van der Waals surface area (Å²) in [7, 11) is -1.87. The average Bonchev–Trinajstić information content (AvgIpc) is 2.55. The first kappa shape index (κ1) is 18.8. The minimum absolute atomic E-state index is 0.288. The molecule has 134 valence electrons. The Balaban J connectivity index is 2.25. The monoisotopic (exact) mass is 362 g/mol. The Kier molecular flexibility index (Phi) is 5.69. The number of anilines is 2. The first-order valence-electron chi connectivity index (χ1n) is 7.81. The Morgan fingerprint density at radius 1 is 1.20 bits per heavy atom. The van der Waals surface area contributed by atoms with Crippen molar-refractivity contribution in [2.75, 3.05) is 29.5 Å². The van der Waals surface area contributed by atoms with E-state index in [2.05, 4.69) is 5.32 Å². The fourth-order valence-corrected chi connectivity index (χ4v) is 2.94. The number of sulfonamides is 1. The summed E-state index contributed by atoms with van der Waals surface area (Å²) in [5.74, 6) is 0.312. The number of nitrogens with one attached hydrogen (secondary N) is 1. The first-order valence-corrected chi connectivity index (χ1v) is 9.66. The lowest BCUT2D eigenvalue weighted by Gasteiger charge is -2.19. The van der Waals surface area contributed by atoms with E-state index in [9.17, 15) is 13.2 Å². The molecule has 0 saturated carbocycles. The zero-order valence-electron chi connectivity index (χ0n) is 14.7. The lowest BCUT2D eigenvalue weighted by Crippen LogP contribution is -2.25. The molecule has 2 rings (SSSR count). The van der Waals surface area contributed by atoms with E-state index in [0.29, 0.717) is 34.9 Å². The normalized spacial score (nSPS) is 11.0. The van der Waals surface area contributed by atoms with Crippen LogP contribution in [0, 0.1) is 6.92 Å². The molecular formula is C18H22N2O4S. The maximum Gasteiger partial charge on any atom is 0.255 e. The lowest BCUT2D eigenvalue weighted by atomic mass is 10.1. The molecule has 0 bridgehead atoms. The third-order valence-corrected chi connectivity index (χ3v) is 4.92. The first-order chi connectivity index (χ1) is 11.7. The molecule has 0 saturated heterocycles. The highest BCUT2D eigenvalue weighted by atomic mass is 32.2. The van der Waals surface area contributed by atoms with Crippen molar-refractivity contribution in [3.8, 4) is 5.75 Å². The molecule has 2 aromatic carbocycles. The molecular weight excluding hydrogens is 340 g/mol. The third kappa shape index (κ3) is 4.51. The van der Waals surface area contributed by atoms with Crippen molar-refractivity contribution < 1.29 is 17.9 Å². The van der Waals surface area contributed by atoms with E-state index in [4.69, 9.17) is 4.74 Å². The van der Waals surface area contributed by atoms with Gasteiger partial charge in [0.2, 0.25) is 10.0 Å². The smallest absolute Gasteiger partial charge is 0.255 e. The van der Waals surface area contributed by atoms with Crippen LogP contribution >= 0.6 is 0 Å². The molecule has 0 spiro atoms. The van der Waals surface area contributed by atoms with Crippen molar-refractivity contribution in [3.05, 3.63) is 53.6 Å². The summed E-state index contributed by atoms with van der Waals surface area (Å²) in [6.07, 6.45) is 1.14. The molecule has 7 heteroatoms. The standard InChI is InChI=1S/C18H22N2O4S/c1-5-24-17-9-7-6-8-15(17)19-18(21)14-10-11-16(13(2)12-14)20(3)25(4,22)23/h6-12H,5H2,1-4H3,(H,19,21). The lowest BCUT2D eigenvalue weighted by molar-refractivity contribution is 0.102. The summed E-state index contributed by atoms with van der Waals surface area (Å²) in [6.45, 7) is 4.14. The Morgan fingerprint density at radius 3 is 2.48 bits per heavy atom. The molecule has 6 nitrogen and oxygen atoms in total. The minimum atomic E-state index is -3.36. The highest BCUT2D eigenvalue weighted by Crippen LogP contribution is 2.26. The Labute approximate surface area is 148 Å². The van der Waals surface area contributed by atoms with E-state index in [1.165, 1.54) is 11.4 Å². The summed E-state index contributed by atoms with van der Waals surface area (Å²) in [5.41, 5.74) is 2.26. The van der Waals surface area contributed by atoms with Crippen molar-refractivity contribution in [1.29, 1.82) is 0 Å². The van der Waals surface area contributed by atoms with Crippen LogP contribution in [0.5, 0.6) is 5.75 Å². The van der Waals surface area contributed by atoms with Crippen LogP contribution in [-0.4, -0.2) is 34.2 Å². The van der Waals surface area contributed by atoms with E-state index in [1.807, 2.05) is 19.1 Å². The molecule has 0 aliphatic heterocycles. The number of hydrogen-bond donors (Lipinski definition) is 1. The Hall–Kier alpha value is -2.54. The predicted octanol–water partition coefficient (Wildman–Crippen LogP) is 3.04. The van der Waals surface area contributed by atoms with Gasteiger partial charge in [-0.15, -0.1) is 0 Å². The molecule has 0 aliphatic carbocycles. The highest BCUT2D eigenvalue weighted by molar-refractivity contribution is 7.92. The largest absolute Gasteiger partial charge is 0.492 e. The van der Waals surface area contributed by atoms with Crippen LogP contribution in [0.2, 0.25) is 0 Å². The number of nitrogens with zero attached hydrogens (tertiary/aromatic N) is 1. The second kappa shape index (κ2) is 7.57. The molecule has 0 aromatic heterocycles. The Morgan fingerprint density at radius 2 is 1.88 bits per heavy atom. The van der Waals surface area contributed by atoms with Crippen molar-refractivity contribution >= 4 is 27.3 Å². The molecule has 25 heavy (non-hydrogen) atoms. The summed E-state index contributed by atoms with van der Waals surface area (Å²) in [5, 5.41) is 2.82. The number of rotatable bonds is 6. The number of ether oxygens (including phenoxy) is 1. The topological polar surface area (TPSA) is 75.7 Å². The second-order valence-electron chi connectivity index (χ2n) is 5.62. The minimum Gasteiger partial charge on any atom is -0.492 e. The van der Waals surface area contributed by atoms with Crippen LogP contribution in [-0.2, 0) is 10.0 Å². The van der Waals surface area contributed by atoms with E-state index in [1.54, 1.807) is 37.3 Å². The summed E-state index contributed by atoms with van der Waals surface area (Å²) < 4.78 is 30.0. The van der Waals surface area contributed by atoms with E-state index >= 15 is 0 Å². The molecule has 0 unspecified atom stereocenters. The van der Waals surface area contributed by atoms with Crippen molar-refractivity contribution in [2.24, 2.45) is 0 Å². The molecule has 0 atom stereocenters. The van der Waals surface area contributed by atoms with Gasteiger partial charge >= 0.3 is 0 Å². The van der Waals surface area contributed by atoms with Crippen molar-refractivity contribution in [3.63, 3.8) is 0 Å². The highest BCUT2D eigenvalue weighted by Gasteiger charge is 2.16. The van der Waals surface area contributed by atoms with Gasteiger partial charge in [-0.1, -0.05) is 12.1 Å². The van der Waals surface area contributed by atoms with Gasteiger partial charge in [0.15, 0.2) is 0 Å². The maximum absolute atomic E-state index is 12.5. The predicted molar refractivity (Wildman–Crippen MR) is 100.0 cm³/mol. The fourth-order valence-electron chi connectivity index (χ4n) is 2.37. The number of aryl methyl sites for hydroxylation is 1. The third-order valence-electron chi connectivity index (χ3n) is 3.73. The number of hydrogen-bond acceptors (Lipinski definition) is 4. The van der Waals surface area contributed by atoms with Crippen LogP contribution in [0.1, 0.15) is 22.8 Å². The Bertz CT molecular complexity index is 878. The average molecular weight is 362 g/mol. The molecule has 0 radical (unpaired) electrons. The molecule has 0 aliphatic rings. The van der Waals surface area contributed by atoms with E-state index < -0.39 is 10.0 Å². The van der Waals surface area contributed by atoms with Crippen molar-refractivity contribution in [2.45, 2.75) is 13.8 Å². The number of para-hydroxylation sites is 2. The molecule has 1 amide bonds. The summed E-state index contributed by atoms with van der Waals surface area (Å²) >= 11 is 0. The molecule has 1 N–H and O–H groups in total. The van der Waals surface area contributed by atoms with Gasteiger partial charge in [-0.05, 0) is 49.7 Å². The van der Waals surface area contributed by atoms with Gasteiger partial charge in [-0.3, -0.25) is 9.10 Å². The number of carbonyl (C=O) groups excluding carboxylic acids is 1. The van der Waals surface area contributed by atoms with Crippen molar-refractivity contribution in [1.82, 2.24) is 0 Å². The zero-order valence-corrected chi connectivity index (χ0v) is 15.6. The SMILES string of the molecule is CCOc1ccccc1NC(=O)c1ccc(N(C)S(C)(=O)=O)c(C)c1. The van der Waals surface area contributed by atoms with Crippen LogP contribution in [0.15, 0.2) is 42.5 Å². The van der Waals surface area contributed by atoms with Crippen LogP contribution in [0.3, 0.4) is 0 Å². The van der Waals surface area contributed by atoms with Crippen LogP contribution < -0.4 is 14.4 Å². The van der Waals surface area contributed by atoms with Gasteiger partial charge in [0.05, 0.1) is 24.2 Å². The van der Waals surface area contributed by atoms with Gasteiger partial charge in [-0.2, -0.15) is 0 Å². The number of amides is 1. The fraction of sp³-hybridized carbons (Fsp3) is 0.278. The van der Waals surface area contributed by atoms with Gasteiger partial charge in [0.25, 0.3) is 5.91 Å². The summed E-state index contributed by atoms with van der Waals surface area (Å²) in [6, 6.07) is 12.1. The maximum atomic E-state index is 12.5. The van der Waals surface area contributed by atoms with E-state index in [0.717, 1.165) is 6.26 Å². The van der Waals surface area contributed by atoms with Gasteiger partial charge in [-0.25, -0.2) is 8.42 Å². The van der Waals surface area contributed by atoms with Crippen LogP contribution in [0.25, 0.3) is 0 Å². The van der Waals surface area contributed by atoms with Gasteiger partial charge in [0, 0.05) is 12.6 Å². The molecule has 2 aromatic rings. The van der Waals surface area contributed by atoms with Crippen LogP contribution in [0.4, 0.5) is 11.4 Å². The molecule has 0 fully saturated rings. The van der Waals surface area contributed by atoms with E-state index in [-0.39, 0.29) is 5.91 Å². The van der Waals surface area contributed by atoms with Gasteiger partial charge < -0.3 is 10.1 Å².